The Bertz CT molecular complexity index is 885. The topological polar surface area (TPSA) is 47.9 Å². The summed E-state index contributed by atoms with van der Waals surface area (Å²) in [5, 5.41) is 13.3. The first-order valence-corrected chi connectivity index (χ1v) is 14.7. The maximum Gasteiger partial charge on any atom is 0.261 e. The highest BCUT2D eigenvalue weighted by Crippen LogP contribution is 2.38. The molecule has 0 saturated carbocycles. The SMILES string of the molecule is CC(C)(C)[Si](OCCC(O)CCC1CCC2(C=CCCO2)O1)(c1ccccc1)c1ccccc1. The normalized spacial score (nSPS) is 23.9. The molecule has 2 aromatic carbocycles. The highest BCUT2D eigenvalue weighted by Gasteiger charge is 2.50. The van der Waals surface area contributed by atoms with Gasteiger partial charge in [0.2, 0.25) is 0 Å². The average molecular weight is 481 g/mol. The van der Waals surface area contributed by atoms with Crippen molar-refractivity contribution in [2.45, 2.75) is 82.3 Å². The van der Waals surface area contributed by atoms with Crippen LogP contribution in [0, 0.1) is 0 Å². The summed E-state index contributed by atoms with van der Waals surface area (Å²) in [6, 6.07) is 21.3. The molecule has 1 spiro atoms. The van der Waals surface area contributed by atoms with Gasteiger partial charge in [0.15, 0.2) is 5.79 Å². The largest absolute Gasteiger partial charge is 0.407 e. The molecule has 3 atom stereocenters. The Hall–Kier alpha value is -1.76. The predicted octanol–water partition coefficient (Wildman–Crippen LogP) is 4.95. The summed E-state index contributed by atoms with van der Waals surface area (Å²) in [5.74, 6) is -0.514. The fraction of sp³-hybridized carbons (Fsp3) is 0.517. The third-order valence-electron chi connectivity index (χ3n) is 7.19. The minimum Gasteiger partial charge on any atom is -0.407 e. The van der Waals surface area contributed by atoms with Crippen molar-refractivity contribution in [3.8, 4) is 0 Å². The third-order valence-corrected chi connectivity index (χ3v) is 12.2. The maximum absolute atomic E-state index is 10.8. The first-order valence-electron chi connectivity index (χ1n) is 12.8. The maximum atomic E-state index is 10.8. The van der Waals surface area contributed by atoms with Gasteiger partial charge < -0.3 is 19.0 Å². The van der Waals surface area contributed by atoms with E-state index < -0.39 is 20.2 Å². The highest BCUT2D eigenvalue weighted by atomic mass is 28.4. The zero-order valence-corrected chi connectivity index (χ0v) is 21.9. The van der Waals surface area contributed by atoms with E-state index in [9.17, 15) is 5.11 Å². The number of hydrogen-bond donors (Lipinski definition) is 1. The first kappa shape index (κ1) is 25.3. The van der Waals surface area contributed by atoms with Crippen LogP contribution in [-0.4, -0.2) is 44.6 Å². The van der Waals surface area contributed by atoms with E-state index in [0.717, 1.165) is 32.3 Å². The monoisotopic (exact) mass is 480 g/mol. The van der Waals surface area contributed by atoms with Crippen LogP contribution >= 0.6 is 0 Å². The second-order valence-electron chi connectivity index (χ2n) is 10.7. The number of ether oxygens (including phenoxy) is 2. The molecule has 34 heavy (non-hydrogen) atoms. The van der Waals surface area contributed by atoms with Crippen LogP contribution in [-0.2, 0) is 13.9 Å². The molecule has 4 nitrogen and oxygen atoms in total. The van der Waals surface area contributed by atoms with E-state index in [1.807, 2.05) is 0 Å². The van der Waals surface area contributed by atoms with Gasteiger partial charge in [-0.15, -0.1) is 0 Å². The number of aliphatic hydroxyl groups is 1. The predicted molar refractivity (Wildman–Crippen MR) is 140 cm³/mol. The van der Waals surface area contributed by atoms with Crippen molar-refractivity contribution in [1.29, 1.82) is 0 Å². The second-order valence-corrected chi connectivity index (χ2v) is 15.0. The molecule has 1 saturated heterocycles. The van der Waals surface area contributed by atoms with Gasteiger partial charge in [-0.2, -0.15) is 0 Å². The van der Waals surface area contributed by atoms with Gasteiger partial charge in [0, 0.05) is 13.0 Å². The lowest BCUT2D eigenvalue weighted by atomic mass is 10.0. The van der Waals surface area contributed by atoms with Crippen molar-refractivity contribution in [2.24, 2.45) is 0 Å². The van der Waals surface area contributed by atoms with Gasteiger partial charge in [-0.25, -0.2) is 0 Å². The lowest BCUT2D eigenvalue weighted by Gasteiger charge is -2.43. The molecule has 0 amide bonds. The van der Waals surface area contributed by atoms with Crippen molar-refractivity contribution in [3.05, 3.63) is 72.8 Å². The van der Waals surface area contributed by atoms with Crippen LogP contribution in [0.3, 0.4) is 0 Å². The fourth-order valence-corrected chi connectivity index (χ4v) is 10.0. The molecular weight excluding hydrogens is 440 g/mol. The molecule has 2 aliphatic rings. The van der Waals surface area contributed by atoms with Crippen LogP contribution < -0.4 is 10.4 Å². The summed E-state index contributed by atoms with van der Waals surface area (Å²) < 4.78 is 19.0. The first-order chi connectivity index (χ1) is 16.3. The van der Waals surface area contributed by atoms with Gasteiger partial charge in [-0.3, -0.25) is 0 Å². The zero-order valence-electron chi connectivity index (χ0n) is 20.9. The van der Waals surface area contributed by atoms with E-state index in [-0.39, 0.29) is 11.1 Å². The van der Waals surface area contributed by atoms with Crippen molar-refractivity contribution in [3.63, 3.8) is 0 Å². The van der Waals surface area contributed by atoms with Crippen molar-refractivity contribution in [2.75, 3.05) is 13.2 Å². The highest BCUT2D eigenvalue weighted by molar-refractivity contribution is 6.99. The van der Waals surface area contributed by atoms with Gasteiger partial charge in [0.25, 0.3) is 8.32 Å². The molecule has 0 bridgehead atoms. The molecule has 2 heterocycles. The molecule has 0 aromatic heterocycles. The van der Waals surface area contributed by atoms with Crippen molar-refractivity contribution >= 4 is 18.7 Å². The second kappa shape index (κ2) is 10.9. The summed E-state index contributed by atoms with van der Waals surface area (Å²) in [4.78, 5) is 0. The van der Waals surface area contributed by atoms with Crippen LogP contribution in [0.2, 0.25) is 5.04 Å². The number of benzene rings is 2. The smallest absolute Gasteiger partial charge is 0.261 e. The van der Waals surface area contributed by atoms with Crippen LogP contribution in [0.1, 0.15) is 59.3 Å². The van der Waals surface area contributed by atoms with Crippen LogP contribution in [0.4, 0.5) is 0 Å². The Kier molecular flexibility index (Phi) is 8.11. The molecule has 4 rings (SSSR count). The summed E-state index contributed by atoms with van der Waals surface area (Å²) in [7, 11) is -2.55. The Morgan fingerprint density at radius 3 is 2.24 bits per heavy atom. The van der Waals surface area contributed by atoms with Gasteiger partial charge >= 0.3 is 0 Å². The molecular formula is C29H40O4Si. The van der Waals surface area contributed by atoms with Crippen molar-refractivity contribution in [1.82, 2.24) is 0 Å². The zero-order chi connectivity index (χ0) is 24.1. The molecule has 2 aromatic rings. The summed E-state index contributed by atoms with van der Waals surface area (Å²) in [6.45, 7) is 8.11. The summed E-state index contributed by atoms with van der Waals surface area (Å²) >= 11 is 0. The molecule has 184 valence electrons. The lowest BCUT2D eigenvalue weighted by Crippen LogP contribution is -2.66. The Morgan fingerprint density at radius 1 is 1.03 bits per heavy atom. The van der Waals surface area contributed by atoms with Crippen LogP contribution in [0.15, 0.2) is 72.8 Å². The molecule has 0 aliphatic carbocycles. The minimum atomic E-state index is -2.55. The Labute approximate surface area is 206 Å². The standard InChI is InChI=1S/C29H40O4Si/c1-28(2,3)34(26-12-6-4-7-13-26,27-14-8-5-9-15-27)32-23-19-24(30)16-17-25-18-21-29(33-25)20-10-11-22-31-29/h4-10,12-15,20,24-25,30H,11,16-19,21-23H2,1-3H3. The Morgan fingerprint density at radius 2 is 1.68 bits per heavy atom. The number of aliphatic hydroxyl groups excluding tert-OH is 1. The summed E-state index contributed by atoms with van der Waals surface area (Å²) in [5.41, 5.74) is 0. The van der Waals surface area contributed by atoms with Gasteiger partial charge in [0.05, 0.1) is 18.8 Å². The average Bonchev–Trinajstić information content (AvgIpc) is 3.23. The fourth-order valence-electron chi connectivity index (χ4n) is 5.44. The molecule has 5 heteroatoms. The quantitative estimate of drug-likeness (QED) is 0.408. The minimum absolute atomic E-state index is 0.0554. The van der Waals surface area contributed by atoms with E-state index in [1.165, 1.54) is 10.4 Å². The van der Waals surface area contributed by atoms with E-state index >= 15 is 0 Å². The Balaban J connectivity index is 1.38. The van der Waals surface area contributed by atoms with E-state index in [2.05, 4.69) is 93.6 Å². The van der Waals surface area contributed by atoms with Gasteiger partial charge in [-0.05, 0) is 53.6 Å². The van der Waals surface area contributed by atoms with Crippen LogP contribution in [0.25, 0.3) is 0 Å². The van der Waals surface area contributed by atoms with E-state index in [1.54, 1.807) is 0 Å². The molecule has 1 N–H and O–H groups in total. The number of hydrogen-bond acceptors (Lipinski definition) is 4. The van der Waals surface area contributed by atoms with Crippen molar-refractivity contribution < 1.29 is 19.0 Å². The van der Waals surface area contributed by atoms with Crippen LogP contribution in [0.5, 0.6) is 0 Å². The molecule has 3 unspecified atom stereocenters. The lowest BCUT2D eigenvalue weighted by molar-refractivity contribution is -0.199. The van der Waals surface area contributed by atoms with E-state index in [0.29, 0.717) is 19.4 Å². The van der Waals surface area contributed by atoms with Gasteiger partial charge in [0.1, 0.15) is 0 Å². The van der Waals surface area contributed by atoms with Gasteiger partial charge in [-0.1, -0.05) is 87.5 Å². The summed E-state index contributed by atoms with van der Waals surface area (Å²) in [6.07, 6.45) is 9.01. The number of rotatable bonds is 9. The molecule has 0 radical (unpaired) electrons. The van der Waals surface area contributed by atoms with E-state index in [4.69, 9.17) is 13.9 Å². The molecule has 2 aliphatic heterocycles. The third kappa shape index (κ3) is 5.55. The molecule has 1 fully saturated rings.